The molecule has 0 radical (unpaired) electrons. The zero-order valence-electron chi connectivity index (χ0n) is 18.3. The van der Waals surface area contributed by atoms with E-state index in [1.54, 1.807) is 6.07 Å². The summed E-state index contributed by atoms with van der Waals surface area (Å²) in [5, 5.41) is 3.53. The van der Waals surface area contributed by atoms with E-state index in [4.69, 9.17) is 0 Å². The van der Waals surface area contributed by atoms with Gasteiger partial charge in [-0.25, -0.2) is 0 Å². The molecule has 2 unspecified atom stereocenters. The first-order valence-electron chi connectivity index (χ1n) is 11.0. The van der Waals surface area contributed by atoms with E-state index < -0.39 is 11.7 Å². The maximum absolute atomic E-state index is 13.8. The zero-order chi connectivity index (χ0) is 21.0. The molecule has 0 aromatic heterocycles. The third-order valence-electron chi connectivity index (χ3n) is 6.71. The van der Waals surface area contributed by atoms with Crippen molar-refractivity contribution in [1.82, 2.24) is 5.32 Å². The fourth-order valence-corrected chi connectivity index (χ4v) is 4.47. The Hall–Kier alpha value is -1.03. The summed E-state index contributed by atoms with van der Waals surface area (Å²) >= 11 is 0. The van der Waals surface area contributed by atoms with Crippen molar-refractivity contribution in [3.8, 4) is 0 Å². The van der Waals surface area contributed by atoms with E-state index in [1.807, 2.05) is 6.07 Å². The number of alkyl halides is 3. The van der Waals surface area contributed by atoms with Crippen LogP contribution in [0.25, 0.3) is 0 Å². The van der Waals surface area contributed by atoms with Gasteiger partial charge in [-0.1, -0.05) is 71.9 Å². The fraction of sp³-hybridized carbons (Fsp3) is 0.750. The number of rotatable bonds is 10. The molecule has 1 nitrogen and oxygen atoms in total. The van der Waals surface area contributed by atoms with Gasteiger partial charge in [0.2, 0.25) is 0 Å². The summed E-state index contributed by atoms with van der Waals surface area (Å²) in [6, 6.07) is 5.09. The average molecular weight is 398 g/mol. The zero-order valence-corrected chi connectivity index (χ0v) is 18.3. The molecule has 0 bridgehead atoms. The van der Waals surface area contributed by atoms with Gasteiger partial charge in [-0.3, -0.25) is 0 Å². The number of nitrogens with one attached hydrogen (secondary N) is 1. The second-order valence-corrected chi connectivity index (χ2v) is 9.42. The smallest absolute Gasteiger partial charge is 0.305 e. The molecule has 1 fully saturated rings. The molecule has 0 spiro atoms. The van der Waals surface area contributed by atoms with Crippen molar-refractivity contribution in [1.29, 1.82) is 0 Å². The molecule has 1 saturated heterocycles. The molecule has 1 aromatic rings. The molecule has 1 N–H and O–H groups in total. The summed E-state index contributed by atoms with van der Waals surface area (Å²) in [6.07, 6.45) is 4.47. The standard InChI is InChI=1S/C24H38F3N/c1-6-9-13-22(4,8-3)16-19-12-11-18(15-20(19)24(25,26)27)21-17-23(5,28-21)14-10-7-2/h11-12,15,21,28H,6-10,13-14,16-17H2,1-5H3/t21?,22-,23?/m1/s1. The van der Waals surface area contributed by atoms with Crippen LogP contribution in [0, 0.1) is 5.41 Å². The van der Waals surface area contributed by atoms with E-state index in [9.17, 15) is 13.2 Å². The van der Waals surface area contributed by atoms with Gasteiger partial charge in [-0.15, -0.1) is 0 Å². The molecule has 1 aliphatic rings. The lowest BCUT2D eigenvalue weighted by Gasteiger charge is -2.48. The lowest BCUT2D eigenvalue weighted by atomic mass is 9.74. The summed E-state index contributed by atoms with van der Waals surface area (Å²) in [6.45, 7) is 10.7. The van der Waals surface area contributed by atoms with Gasteiger partial charge in [0.1, 0.15) is 0 Å². The number of unbranched alkanes of at least 4 members (excludes halogenated alkanes) is 2. The van der Waals surface area contributed by atoms with Crippen LogP contribution < -0.4 is 5.32 Å². The molecule has 1 aliphatic heterocycles. The third-order valence-corrected chi connectivity index (χ3v) is 6.71. The highest BCUT2D eigenvalue weighted by Gasteiger charge is 2.41. The Balaban J connectivity index is 2.21. The van der Waals surface area contributed by atoms with Crippen LogP contribution in [0.4, 0.5) is 13.2 Å². The maximum atomic E-state index is 13.8. The monoisotopic (exact) mass is 397 g/mol. The predicted molar refractivity (Wildman–Crippen MR) is 111 cm³/mol. The van der Waals surface area contributed by atoms with E-state index in [2.05, 4.69) is 39.9 Å². The van der Waals surface area contributed by atoms with Crippen molar-refractivity contribution in [3.63, 3.8) is 0 Å². The number of hydrogen-bond donors (Lipinski definition) is 1. The minimum absolute atomic E-state index is 0.0367. The normalized spacial score (nSPS) is 24.6. The highest BCUT2D eigenvalue weighted by Crippen LogP contribution is 2.43. The van der Waals surface area contributed by atoms with E-state index in [0.29, 0.717) is 12.0 Å². The molecule has 3 atom stereocenters. The maximum Gasteiger partial charge on any atom is 0.416 e. The predicted octanol–water partition coefficient (Wildman–Crippen LogP) is 7.84. The van der Waals surface area contributed by atoms with Gasteiger partial charge < -0.3 is 5.32 Å². The largest absolute Gasteiger partial charge is 0.416 e. The van der Waals surface area contributed by atoms with Gasteiger partial charge in [-0.2, -0.15) is 13.2 Å². The minimum atomic E-state index is -4.31. The van der Waals surface area contributed by atoms with Crippen LogP contribution in [-0.2, 0) is 12.6 Å². The molecule has 0 amide bonds. The van der Waals surface area contributed by atoms with Crippen molar-refractivity contribution in [2.24, 2.45) is 5.41 Å². The lowest BCUT2D eigenvalue weighted by molar-refractivity contribution is -0.138. The Morgan fingerprint density at radius 1 is 1.11 bits per heavy atom. The van der Waals surface area contributed by atoms with Crippen LogP contribution in [-0.4, -0.2) is 5.54 Å². The van der Waals surface area contributed by atoms with Gasteiger partial charge in [0.25, 0.3) is 0 Å². The van der Waals surface area contributed by atoms with Crippen LogP contribution in [0.2, 0.25) is 0 Å². The van der Waals surface area contributed by atoms with Gasteiger partial charge in [0, 0.05) is 11.6 Å². The van der Waals surface area contributed by atoms with Crippen LogP contribution in [0.15, 0.2) is 18.2 Å². The Bertz CT molecular complexity index is 631. The second kappa shape index (κ2) is 9.19. The SMILES string of the molecule is CCCCC1(C)CC(c2ccc(C[C@](C)(CC)CCCC)c(C(F)(F)F)c2)N1. The molecule has 1 aromatic carbocycles. The van der Waals surface area contributed by atoms with Gasteiger partial charge in [0.05, 0.1) is 5.56 Å². The van der Waals surface area contributed by atoms with Crippen LogP contribution in [0.5, 0.6) is 0 Å². The van der Waals surface area contributed by atoms with Crippen molar-refractivity contribution >= 4 is 0 Å². The first-order valence-corrected chi connectivity index (χ1v) is 11.0. The van der Waals surface area contributed by atoms with Crippen LogP contribution >= 0.6 is 0 Å². The summed E-state index contributed by atoms with van der Waals surface area (Å²) < 4.78 is 41.5. The molecule has 0 aliphatic carbocycles. The first-order chi connectivity index (χ1) is 13.1. The van der Waals surface area contributed by atoms with Crippen molar-refractivity contribution in [2.45, 2.75) is 110 Å². The van der Waals surface area contributed by atoms with Gasteiger partial charge in [0.15, 0.2) is 0 Å². The summed E-state index contributed by atoms with van der Waals surface area (Å²) in [5.41, 5.74) is 0.774. The minimum Gasteiger partial charge on any atom is -0.305 e. The number of halogens is 3. The topological polar surface area (TPSA) is 12.0 Å². The Morgan fingerprint density at radius 2 is 1.75 bits per heavy atom. The Labute approximate surface area is 169 Å². The highest BCUT2D eigenvalue weighted by atomic mass is 19.4. The molecule has 160 valence electrons. The summed E-state index contributed by atoms with van der Waals surface area (Å²) in [4.78, 5) is 0. The third kappa shape index (κ3) is 5.75. The molecule has 4 heteroatoms. The van der Waals surface area contributed by atoms with E-state index in [-0.39, 0.29) is 17.0 Å². The van der Waals surface area contributed by atoms with Crippen molar-refractivity contribution in [2.75, 3.05) is 0 Å². The van der Waals surface area contributed by atoms with Crippen molar-refractivity contribution in [3.05, 3.63) is 34.9 Å². The Kier molecular flexibility index (Phi) is 7.63. The number of hydrogen-bond acceptors (Lipinski definition) is 1. The molecular formula is C24H38F3N. The molecule has 1 heterocycles. The van der Waals surface area contributed by atoms with Gasteiger partial charge in [-0.05, 0) is 55.2 Å². The lowest BCUT2D eigenvalue weighted by Crippen LogP contribution is -2.56. The van der Waals surface area contributed by atoms with E-state index in [0.717, 1.165) is 56.9 Å². The summed E-state index contributed by atoms with van der Waals surface area (Å²) in [5.74, 6) is 0. The second-order valence-electron chi connectivity index (χ2n) is 9.42. The molecule has 0 saturated carbocycles. The van der Waals surface area contributed by atoms with E-state index >= 15 is 0 Å². The average Bonchev–Trinajstić information content (AvgIpc) is 2.62. The molecule has 28 heavy (non-hydrogen) atoms. The van der Waals surface area contributed by atoms with Crippen molar-refractivity contribution < 1.29 is 13.2 Å². The van der Waals surface area contributed by atoms with E-state index in [1.165, 1.54) is 6.07 Å². The molecule has 2 rings (SSSR count). The quantitative estimate of drug-likeness (QED) is 0.424. The van der Waals surface area contributed by atoms with Crippen LogP contribution in [0.1, 0.15) is 109 Å². The number of benzene rings is 1. The molecular weight excluding hydrogens is 359 g/mol. The summed E-state index contributed by atoms with van der Waals surface area (Å²) in [7, 11) is 0. The fourth-order valence-electron chi connectivity index (χ4n) is 4.47. The van der Waals surface area contributed by atoms with Crippen LogP contribution in [0.3, 0.4) is 0 Å². The highest BCUT2D eigenvalue weighted by molar-refractivity contribution is 5.37. The Morgan fingerprint density at radius 3 is 2.29 bits per heavy atom. The van der Waals surface area contributed by atoms with Gasteiger partial charge >= 0.3 is 6.18 Å². The first kappa shape index (κ1) is 23.3.